The first-order valence-electron chi connectivity index (χ1n) is 12.5. The highest BCUT2D eigenvalue weighted by atomic mass is 16.3. The molecule has 39 heavy (non-hydrogen) atoms. The molecule has 0 unspecified atom stereocenters. The molecular formula is C31H27N5O3. The number of amides is 1. The number of aromatic hydroxyl groups is 2. The zero-order chi connectivity index (χ0) is 27.2. The van der Waals surface area contributed by atoms with Crippen LogP contribution in [0.2, 0.25) is 0 Å². The number of carbonyl (C=O) groups is 1. The van der Waals surface area contributed by atoms with Gasteiger partial charge < -0.3 is 15.5 Å². The molecule has 0 aliphatic heterocycles. The molecular weight excluding hydrogens is 490 g/mol. The van der Waals surface area contributed by atoms with E-state index in [2.05, 4.69) is 39.0 Å². The van der Waals surface area contributed by atoms with Gasteiger partial charge in [0.2, 0.25) is 5.91 Å². The molecule has 0 bridgehead atoms. The van der Waals surface area contributed by atoms with Crippen molar-refractivity contribution < 1.29 is 15.0 Å². The maximum absolute atomic E-state index is 12.4. The van der Waals surface area contributed by atoms with Crippen LogP contribution in [0.25, 0.3) is 33.3 Å². The Kier molecular flexibility index (Phi) is 7.45. The molecule has 0 saturated carbocycles. The van der Waals surface area contributed by atoms with E-state index in [9.17, 15) is 15.0 Å². The Bertz CT molecular complexity index is 1650. The quantitative estimate of drug-likeness (QED) is 0.120. The van der Waals surface area contributed by atoms with Crippen LogP contribution in [0.4, 0.5) is 5.82 Å². The van der Waals surface area contributed by atoms with Crippen LogP contribution in [0, 0.1) is 0 Å². The Labute approximate surface area is 225 Å². The van der Waals surface area contributed by atoms with Crippen LogP contribution in [0.15, 0.2) is 96.2 Å². The molecule has 5 rings (SSSR count). The molecule has 5 aromatic rings. The molecule has 0 aliphatic rings. The van der Waals surface area contributed by atoms with Gasteiger partial charge in [0.25, 0.3) is 0 Å². The molecule has 2 aromatic heterocycles. The van der Waals surface area contributed by atoms with E-state index in [1.807, 2.05) is 55.5 Å². The standard InChI is InChI=1S/C31H27N5O3/c1-2-34-36-31-25-18-24(22-6-4-3-5-7-22)30(35-26(25)14-15-32-31)23-11-8-20(9-12-23)19-33-29(39)17-21-10-13-27(37)28(38)16-21/h2-16,18,37-38H,17,19H2,1H3,(H,32,36)(H,33,39)/b34-2+. The molecule has 0 spiro atoms. The van der Waals surface area contributed by atoms with E-state index in [1.165, 1.54) is 12.1 Å². The summed E-state index contributed by atoms with van der Waals surface area (Å²) in [6, 6.07) is 26.4. The van der Waals surface area contributed by atoms with E-state index in [0.717, 1.165) is 38.9 Å². The second kappa shape index (κ2) is 11.4. The topological polar surface area (TPSA) is 120 Å². The largest absolute Gasteiger partial charge is 0.504 e. The Morgan fingerprint density at radius 3 is 2.41 bits per heavy atom. The van der Waals surface area contributed by atoms with Crippen LogP contribution in [0.5, 0.6) is 11.5 Å². The number of phenols is 2. The number of carbonyl (C=O) groups excluding carboxylic acids is 1. The Balaban J connectivity index is 1.40. The summed E-state index contributed by atoms with van der Waals surface area (Å²) < 4.78 is 0. The van der Waals surface area contributed by atoms with Gasteiger partial charge in [0.1, 0.15) is 0 Å². The summed E-state index contributed by atoms with van der Waals surface area (Å²) in [5.74, 6) is -0.00568. The zero-order valence-corrected chi connectivity index (χ0v) is 21.3. The Morgan fingerprint density at radius 2 is 1.67 bits per heavy atom. The lowest BCUT2D eigenvalue weighted by atomic mass is 9.97. The van der Waals surface area contributed by atoms with Crippen molar-refractivity contribution in [1.29, 1.82) is 0 Å². The Hall–Kier alpha value is -5.24. The molecule has 1 amide bonds. The van der Waals surface area contributed by atoms with Crippen molar-refractivity contribution in [2.75, 3.05) is 5.43 Å². The minimum absolute atomic E-state index is 0.0998. The minimum atomic E-state index is -0.244. The number of hydrazone groups is 1. The number of hydrogen-bond acceptors (Lipinski definition) is 7. The average molecular weight is 518 g/mol. The first-order chi connectivity index (χ1) is 19.0. The van der Waals surface area contributed by atoms with Gasteiger partial charge in [0, 0.05) is 35.5 Å². The van der Waals surface area contributed by atoms with E-state index in [0.29, 0.717) is 17.9 Å². The number of rotatable bonds is 8. The van der Waals surface area contributed by atoms with Gasteiger partial charge >= 0.3 is 0 Å². The summed E-state index contributed by atoms with van der Waals surface area (Å²) in [6.07, 6.45) is 3.48. The monoisotopic (exact) mass is 517 g/mol. The van der Waals surface area contributed by atoms with Crippen molar-refractivity contribution in [2.45, 2.75) is 19.9 Å². The number of anilines is 1. The van der Waals surface area contributed by atoms with Crippen LogP contribution in [-0.4, -0.2) is 32.3 Å². The van der Waals surface area contributed by atoms with Gasteiger partial charge in [-0.1, -0.05) is 60.7 Å². The Morgan fingerprint density at radius 1 is 0.897 bits per heavy atom. The smallest absolute Gasteiger partial charge is 0.224 e. The fraction of sp³-hybridized carbons (Fsp3) is 0.0968. The second-order valence-electron chi connectivity index (χ2n) is 8.95. The molecule has 3 aromatic carbocycles. The van der Waals surface area contributed by atoms with E-state index in [1.54, 1.807) is 18.5 Å². The average Bonchev–Trinajstić information content (AvgIpc) is 2.97. The number of aromatic nitrogens is 2. The summed E-state index contributed by atoms with van der Waals surface area (Å²) in [4.78, 5) is 21.9. The van der Waals surface area contributed by atoms with Crippen LogP contribution < -0.4 is 10.7 Å². The summed E-state index contributed by atoms with van der Waals surface area (Å²) in [7, 11) is 0. The number of hydrogen-bond donors (Lipinski definition) is 4. The molecule has 0 fully saturated rings. The van der Waals surface area contributed by atoms with Crippen molar-refractivity contribution in [2.24, 2.45) is 5.10 Å². The molecule has 4 N–H and O–H groups in total. The highest BCUT2D eigenvalue weighted by Crippen LogP contribution is 2.35. The van der Waals surface area contributed by atoms with Gasteiger partial charge in [-0.25, -0.2) is 9.97 Å². The van der Waals surface area contributed by atoms with Gasteiger partial charge in [-0.15, -0.1) is 0 Å². The maximum Gasteiger partial charge on any atom is 0.224 e. The molecule has 8 heteroatoms. The van der Waals surface area contributed by atoms with Crippen molar-refractivity contribution >= 4 is 28.8 Å². The molecule has 8 nitrogen and oxygen atoms in total. The van der Waals surface area contributed by atoms with Crippen molar-refractivity contribution in [3.63, 3.8) is 0 Å². The van der Waals surface area contributed by atoms with E-state index in [4.69, 9.17) is 4.98 Å². The lowest BCUT2D eigenvalue weighted by Gasteiger charge is -2.14. The molecule has 0 atom stereocenters. The minimum Gasteiger partial charge on any atom is -0.504 e. The molecule has 0 radical (unpaired) electrons. The van der Waals surface area contributed by atoms with E-state index in [-0.39, 0.29) is 23.8 Å². The number of nitrogens with zero attached hydrogens (tertiary/aromatic N) is 3. The number of pyridine rings is 2. The van der Waals surface area contributed by atoms with Gasteiger partial charge in [0.05, 0.1) is 17.6 Å². The predicted octanol–water partition coefficient (Wildman–Crippen LogP) is 5.65. The lowest BCUT2D eigenvalue weighted by Crippen LogP contribution is -2.24. The van der Waals surface area contributed by atoms with Crippen molar-refractivity contribution in [1.82, 2.24) is 15.3 Å². The highest BCUT2D eigenvalue weighted by Gasteiger charge is 2.14. The summed E-state index contributed by atoms with van der Waals surface area (Å²) in [6.45, 7) is 2.19. The number of nitrogens with one attached hydrogen (secondary N) is 2. The molecule has 194 valence electrons. The molecule has 2 heterocycles. The van der Waals surface area contributed by atoms with Crippen LogP contribution >= 0.6 is 0 Å². The van der Waals surface area contributed by atoms with E-state index >= 15 is 0 Å². The third-order valence-corrected chi connectivity index (χ3v) is 6.25. The van der Waals surface area contributed by atoms with Gasteiger partial charge in [-0.3, -0.25) is 10.2 Å². The third kappa shape index (κ3) is 5.86. The summed E-state index contributed by atoms with van der Waals surface area (Å²) >= 11 is 0. The fourth-order valence-corrected chi connectivity index (χ4v) is 4.28. The van der Waals surface area contributed by atoms with Gasteiger partial charge in [0.15, 0.2) is 17.3 Å². The fourth-order valence-electron chi connectivity index (χ4n) is 4.28. The summed E-state index contributed by atoms with van der Waals surface area (Å²) in [5.41, 5.74) is 9.13. The first-order valence-corrected chi connectivity index (χ1v) is 12.5. The highest BCUT2D eigenvalue weighted by molar-refractivity contribution is 5.96. The van der Waals surface area contributed by atoms with Crippen molar-refractivity contribution in [3.8, 4) is 33.9 Å². The van der Waals surface area contributed by atoms with Crippen LogP contribution in [-0.2, 0) is 17.8 Å². The lowest BCUT2D eigenvalue weighted by molar-refractivity contribution is -0.120. The van der Waals surface area contributed by atoms with Crippen molar-refractivity contribution in [3.05, 3.63) is 102 Å². The molecule has 0 aliphatic carbocycles. The van der Waals surface area contributed by atoms with Crippen LogP contribution in [0.3, 0.4) is 0 Å². The predicted molar refractivity (Wildman–Crippen MR) is 154 cm³/mol. The van der Waals surface area contributed by atoms with Gasteiger partial charge in [-0.2, -0.15) is 5.10 Å². The van der Waals surface area contributed by atoms with Crippen LogP contribution in [0.1, 0.15) is 18.1 Å². The normalized spacial score (nSPS) is 11.1. The first kappa shape index (κ1) is 25.4. The number of phenolic OH excluding ortho intramolecular Hbond substituents is 2. The van der Waals surface area contributed by atoms with E-state index < -0.39 is 0 Å². The SMILES string of the molecule is C/C=N/Nc1nccc2nc(-c3ccc(CNC(=O)Cc4ccc(O)c(O)c4)cc3)c(-c3ccccc3)cc12. The summed E-state index contributed by atoms with van der Waals surface area (Å²) in [5, 5.41) is 27.0. The number of fused-ring (bicyclic) bond motifs is 1. The maximum atomic E-state index is 12.4. The third-order valence-electron chi connectivity index (χ3n) is 6.25. The van der Waals surface area contributed by atoms with Gasteiger partial charge in [-0.05, 0) is 47.9 Å². The second-order valence-corrected chi connectivity index (χ2v) is 8.95. The number of benzene rings is 3. The molecule has 0 saturated heterocycles. The zero-order valence-electron chi connectivity index (χ0n) is 21.3.